The van der Waals surface area contributed by atoms with Crippen LogP contribution in [0.15, 0.2) is 47.4 Å². The van der Waals surface area contributed by atoms with E-state index in [0.717, 1.165) is 12.8 Å². The van der Waals surface area contributed by atoms with Crippen molar-refractivity contribution in [3.63, 3.8) is 0 Å². The number of amides is 1. The van der Waals surface area contributed by atoms with Crippen LogP contribution in [-0.2, 0) is 16.6 Å². The van der Waals surface area contributed by atoms with Gasteiger partial charge >= 0.3 is 0 Å². The van der Waals surface area contributed by atoms with Crippen LogP contribution < -0.4 is 4.74 Å². The van der Waals surface area contributed by atoms with Crippen LogP contribution in [0.5, 0.6) is 5.75 Å². The van der Waals surface area contributed by atoms with E-state index in [4.69, 9.17) is 4.74 Å². The third-order valence-electron chi connectivity index (χ3n) is 4.77. The molecule has 1 fully saturated rings. The Morgan fingerprint density at radius 2 is 1.89 bits per heavy atom. The summed E-state index contributed by atoms with van der Waals surface area (Å²) in [5.41, 5.74) is 0.881. The average molecular weight is 406 g/mol. The molecule has 0 aliphatic carbocycles. The second-order valence-corrected chi connectivity index (χ2v) is 8.71. The molecule has 0 N–H and O–H groups in total. The van der Waals surface area contributed by atoms with E-state index in [9.17, 15) is 17.6 Å². The van der Waals surface area contributed by atoms with Gasteiger partial charge in [-0.3, -0.25) is 4.79 Å². The zero-order valence-electron chi connectivity index (χ0n) is 15.9. The molecule has 2 aromatic carbocycles. The summed E-state index contributed by atoms with van der Waals surface area (Å²) in [5.74, 6) is -0.702. The van der Waals surface area contributed by atoms with E-state index >= 15 is 0 Å². The predicted molar refractivity (Wildman–Crippen MR) is 103 cm³/mol. The molecule has 0 atom stereocenters. The lowest BCUT2D eigenvalue weighted by atomic mass is 10.1. The lowest BCUT2D eigenvalue weighted by molar-refractivity contribution is 0.0784. The van der Waals surface area contributed by atoms with Gasteiger partial charge in [-0.25, -0.2) is 12.8 Å². The number of carbonyl (C=O) groups excluding carboxylic acids is 1. The lowest BCUT2D eigenvalue weighted by Crippen LogP contribution is -2.29. The van der Waals surface area contributed by atoms with Crippen molar-refractivity contribution in [2.24, 2.45) is 0 Å². The summed E-state index contributed by atoms with van der Waals surface area (Å²) in [6, 6.07) is 10.6. The minimum atomic E-state index is -3.59. The molecule has 1 saturated heterocycles. The van der Waals surface area contributed by atoms with Crippen molar-refractivity contribution >= 4 is 15.9 Å². The van der Waals surface area contributed by atoms with Gasteiger partial charge in [-0.2, -0.15) is 4.31 Å². The lowest BCUT2D eigenvalue weighted by Gasteiger charge is -2.19. The highest BCUT2D eigenvalue weighted by Gasteiger charge is 2.28. The van der Waals surface area contributed by atoms with E-state index in [1.807, 2.05) is 0 Å². The van der Waals surface area contributed by atoms with Gasteiger partial charge in [0.05, 0.1) is 12.0 Å². The summed E-state index contributed by atoms with van der Waals surface area (Å²) >= 11 is 0. The molecule has 1 aliphatic rings. The highest BCUT2D eigenvalue weighted by Crippen LogP contribution is 2.23. The summed E-state index contributed by atoms with van der Waals surface area (Å²) < 4.78 is 45.6. The Bertz CT molecular complexity index is 972. The van der Waals surface area contributed by atoms with Crippen molar-refractivity contribution in [3.05, 3.63) is 59.4 Å². The van der Waals surface area contributed by atoms with Gasteiger partial charge in [-0.05, 0) is 48.7 Å². The highest BCUT2D eigenvalue weighted by atomic mass is 32.2. The number of benzene rings is 2. The number of ether oxygens (including phenoxy) is 1. The molecule has 3 rings (SSSR count). The summed E-state index contributed by atoms with van der Waals surface area (Å²) in [7, 11) is -0.618. The Balaban J connectivity index is 1.77. The van der Waals surface area contributed by atoms with Crippen molar-refractivity contribution in [1.82, 2.24) is 9.21 Å². The molecular weight excluding hydrogens is 383 g/mol. The molecule has 8 heteroatoms. The Kier molecular flexibility index (Phi) is 6.00. The molecule has 0 radical (unpaired) electrons. The zero-order chi connectivity index (χ0) is 20.3. The maximum Gasteiger partial charge on any atom is 0.253 e. The first-order valence-corrected chi connectivity index (χ1v) is 10.4. The topological polar surface area (TPSA) is 66.9 Å². The molecule has 2 aromatic rings. The van der Waals surface area contributed by atoms with Crippen LogP contribution >= 0.6 is 0 Å². The van der Waals surface area contributed by atoms with Crippen LogP contribution in [0.2, 0.25) is 0 Å². The maximum absolute atomic E-state index is 13.9. The largest absolute Gasteiger partial charge is 0.494 e. The number of methoxy groups -OCH3 is 1. The third-order valence-corrected chi connectivity index (χ3v) is 6.66. The number of hydrogen-bond donors (Lipinski definition) is 0. The fraction of sp³-hybridized carbons (Fsp3) is 0.350. The molecule has 1 aliphatic heterocycles. The SMILES string of the molecule is COc1ccc(CN(C)C(=O)c2cccc(S(=O)(=O)N3CCCC3)c2)cc1F. The molecule has 28 heavy (non-hydrogen) atoms. The zero-order valence-corrected chi connectivity index (χ0v) is 16.7. The van der Waals surface area contributed by atoms with Gasteiger partial charge in [0.1, 0.15) is 0 Å². The minimum absolute atomic E-state index is 0.115. The van der Waals surface area contributed by atoms with Gasteiger partial charge in [0.15, 0.2) is 11.6 Å². The molecule has 0 unspecified atom stereocenters. The number of sulfonamides is 1. The first kappa shape index (κ1) is 20.3. The summed E-state index contributed by atoms with van der Waals surface area (Å²) in [6.45, 7) is 1.19. The number of halogens is 1. The van der Waals surface area contributed by atoms with E-state index in [2.05, 4.69) is 0 Å². The van der Waals surface area contributed by atoms with Crippen molar-refractivity contribution < 1.29 is 22.3 Å². The number of rotatable bonds is 6. The second kappa shape index (κ2) is 8.28. The molecule has 0 saturated carbocycles. The first-order valence-electron chi connectivity index (χ1n) is 9.01. The normalized spacial score (nSPS) is 14.8. The van der Waals surface area contributed by atoms with Crippen molar-refractivity contribution in [1.29, 1.82) is 0 Å². The predicted octanol–water partition coefficient (Wildman–Crippen LogP) is 2.89. The Hall–Kier alpha value is -2.45. The van der Waals surface area contributed by atoms with Gasteiger partial charge < -0.3 is 9.64 Å². The van der Waals surface area contributed by atoms with E-state index < -0.39 is 15.8 Å². The van der Waals surface area contributed by atoms with Crippen LogP contribution in [0.25, 0.3) is 0 Å². The van der Waals surface area contributed by atoms with Gasteiger partial charge in [-0.15, -0.1) is 0 Å². The van der Waals surface area contributed by atoms with E-state index in [0.29, 0.717) is 18.7 Å². The number of carbonyl (C=O) groups is 1. The summed E-state index contributed by atoms with van der Waals surface area (Å²) in [6.07, 6.45) is 1.69. The van der Waals surface area contributed by atoms with E-state index in [-0.39, 0.29) is 28.7 Å². The fourth-order valence-corrected chi connectivity index (χ4v) is 4.80. The summed E-state index contributed by atoms with van der Waals surface area (Å²) in [4.78, 5) is 14.3. The Morgan fingerprint density at radius 1 is 1.18 bits per heavy atom. The van der Waals surface area contributed by atoms with Crippen LogP contribution in [0, 0.1) is 5.82 Å². The van der Waals surface area contributed by atoms with Crippen LogP contribution in [-0.4, -0.2) is 50.8 Å². The molecule has 1 amide bonds. The van der Waals surface area contributed by atoms with Gasteiger partial charge in [0, 0.05) is 32.2 Å². The van der Waals surface area contributed by atoms with Crippen molar-refractivity contribution in [2.45, 2.75) is 24.3 Å². The van der Waals surface area contributed by atoms with Crippen molar-refractivity contribution in [3.8, 4) is 5.75 Å². The molecule has 1 heterocycles. The number of hydrogen-bond acceptors (Lipinski definition) is 4. The number of nitrogens with zero attached hydrogens (tertiary/aromatic N) is 2. The van der Waals surface area contributed by atoms with Gasteiger partial charge in [0.2, 0.25) is 10.0 Å². The Labute approximate surface area is 164 Å². The molecule has 150 valence electrons. The van der Waals surface area contributed by atoms with Gasteiger partial charge in [0.25, 0.3) is 5.91 Å². The van der Waals surface area contributed by atoms with E-state index in [1.165, 1.54) is 40.6 Å². The Morgan fingerprint density at radius 3 is 2.54 bits per heavy atom. The fourth-order valence-electron chi connectivity index (χ4n) is 3.24. The van der Waals surface area contributed by atoms with Crippen molar-refractivity contribution in [2.75, 3.05) is 27.2 Å². The van der Waals surface area contributed by atoms with E-state index in [1.54, 1.807) is 25.2 Å². The van der Waals surface area contributed by atoms with Crippen LogP contribution in [0.3, 0.4) is 0 Å². The van der Waals surface area contributed by atoms with Crippen LogP contribution in [0.1, 0.15) is 28.8 Å². The monoisotopic (exact) mass is 406 g/mol. The average Bonchev–Trinajstić information content (AvgIpc) is 3.23. The van der Waals surface area contributed by atoms with Crippen LogP contribution in [0.4, 0.5) is 4.39 Å². The first-order chi connectivity index (χ1) is 13.3. The summed E-state index contributed by atoms with van der Waals surface area (Å²) in [5, 5.41) is 0. The molecule has 0 aromatic heterocycles. The minimum Gasteiger partial charge on any atom is -0.494 e. The third kappa shape index (κ3) is 4.18. The standard InChI is InChI=1S/C20H23FN2O4S/c1-22(14-15-8-9-19(27-2)18(21)12-15)20(24)16-6-5-7-17(13-16)28(25,26)23-10-3-4-11-23/h5-9,12-13H,3-4,10-11,14H2,1-2H3. The molecule has 0 bridgehead atoms. The van der Waals surface area contributed by atoms with Gasteiger partial charge in [-0.1, -0.05) is 12.1 Å². The quantitative estimate of drug-likeness (QED) is 0.740. The second-order valence-electron chi connectivity index (χ2n) is 6.77. The molecule has 0 spiro atoms. The molecular formula is C20H23FN2O4S. The maximum atomic E-state index is 13.9. The highest BCUT2D eigenvalue weighted by molar-refractivity contribution is 7.89. The smallest absolute Gasteiger partial charge is 0.253 e. The molecule has 6 nitrogen and oxygen atoms in total.